The van der Waals surface area contributed by atoms with Gasteiger partial charge in [-0.25, -0.2) is 0 Å². The predicted octanol–water partition coefficient (Wildman–Crippen LogP) is 2.21. The zero-order valence-corrected chi connectivity index (χ0v) is 13.1. The van der Waals surface area contributed by atoms with Gasteiger partial charge in [-0.15, -0.1) is 10.2 Å². The number of hydrogen-bond donors (Lipinski definition) is 1. The maximum absolute atomic E-state index is 9.06. The maximum Gasteiger partial charge on any atom is 0.247 e. The third-order valence-electron chi connectivity index (χ3n) is 4.24. The van der Waals surface area contributed by atoms with Crippen molar-refractivity contribution in [3.05, 3.63) is 54.1 Å². The molecular weight excluding hydrogens is 308 g/mol. The van der Waals surface area contributed by atoms with E-state index in [1.807, 2.05) is 24.3 Å². The van der Waals surface area contributed by atoms with E-state index >= 15 is 0 Å². The zero-order chi connectivity index (χ0) is 16.4. The smallest absolute Gasteiger partial charge is 0.247 e. The number of pyridine rings is 1. The highest BCUT2D eigenvalue weighted by atomic mass is 16.4. The zero-order valence-electron chi connectivity index (χ0n) is 13.1. The molecule has 0 amide bonds. The van der Waals surface area contributed by atoms with Crippen LogP contribution in [0.1, 0.15) is 29.7 Å². The van der Waals surface area contributed by atoms with E-state index in [2.05, 4.69) is 20.1 Å². The second kappa shape index (κ2) is 6.54. The topological polar surface area (TPSA) is 88.4 Å². The lowest BCUT2D eigenvalue weighted by atomic mass is 10.1. The van der Waals surface area contributed by atoms with Crippen LogP contribution >= 0.6 is 0 Å². The first-order chi connectivity index (χ1) is 11.8. The minimum Gasteiger partial charge on any atom is -0.462 e. The fourth-order valence-electron chi connectivity index (χ4n) is 3.00. The number of rotatable bonds is 5. The van der Waals surface area contributed by atoms with Crippen molar-refractivity contribution >= 4 is 0 Å². The number of nitrogens with zero attached hydrogens (tertiary/aromatic N) is 4. The van der Waals surface area contributed by atoms with Gasteiger partial charge in [-0.1, -0.05) is 0 Å². The summed E-state index contributed by atoms with van der Waals surface area (Å²) in [5, 5.41) is 17.4. The van der Waals surface area contributed by atoms with Gasteiger partial charge < -0.3 is 13.9 Å². The highest BCUT2D eigenvalue weighted by Crippen LogP contribution is 2.29. The summed E-state index contributed by atoms with van der Waals surface area (Å²) in [5.74, 6) is 2.91. The van der Waals surface area contributed by atoms with Crippen LogP contribution in [0.5, 0.6) is 0 Å². The van der Waals surface area contributed by atoms with Gasteiger partial charge in [-0.05, 0) is 37.2 Å². The molecule has 7 nitrogen and oxygen atoms in total. The molecule has 0 spiro atoms. The molecule has 3 aromatic rings. The Bertz CT molecular complexity index is 799. The van der Waals surface area contributed by atoms with E-state index in [1.54, 1.807) is 12.4 Å². The minimum atomic E-state index is -0.0671. The third kappa shape index (κ3) is 3.08. The van der Waals surface area contributed by atoms with Crippen LogP contribution in [-0.2, 0) is 13.2 Å². The molecule has 0 aromatic carbocycles. The fourth-order valence-corrected chi connectivity index (χ4v) is 3.00. The summed E-state index contributed by atoms with van der Waals surface area (Å²) in [4.78, 5) is 6.28. The van der Waals surface area contributed by atoms with Gasteiger partial charge in [-0.2, -0.15) is 0 Å². The van der Waals surface area contributed by atoms with Crippen molar-refractivity contribution < 1.29 is 13.9 Å². The van der Waals surface area contributed by atoms with E-state index < -0.39 is 0 Å². The number of aliphatic hydroxyl groups excluding tert-OH is 1. The molecule has 24 heavy (non-hydrogen) atoms. The van der Waals surface area contributed by atoms with Crippen molar-refractivity contribution in [2.75, 3.05) is 13.1 Å². The molecule has 0 unspecified atom stereocenters. The summed E-state index contributed by atoms with van der Waals surface area (Å²) in [6, 6.07) is 7.43. The van der Waals surface area contributed by atoms with Crippen LogP contribution in [0.2, 0.25) is 0 Å². The highest BCUT2D eigenvalue weighted by molar-refractivity contribution is 5.50. The van der Waals surface area contributed by atoms with Gasteiger partial charge in [0.15, 0.2) is 0 Å². The molecule has 1 N–H and O–H groups in total. The van der Waals surface area contributed by atoms with E-state index in [9.17, 15) is 0 Å². The molecule has 1 atom stereocenters. The van der Waals surface area contributed by atoms with Gasteiger partial charge in [0.2, 0.25) is 11.8 Å². The Kier molecular flexibility index (Phi) is 4.10. The van der Waals surface area contributed by atoms with E-state index in [1.165, 1.54) is 0 Å². The van der Waals surface area contributed by atoms with Gasteiger partial charge in [-0.3, -0.25) is 9.88 Å². The van der Waals surface area contributed by atoms with Gasteiger partial charge in [0, 0.05) is 24.5 Å². The van der Waals surface area contributed by atoms with Crippen molar-refractivity contribution in [1.82, 2.24) is 20.1 Å². The van der Waals surface area contributed by atoms with Crippen molar-refractivity contribution in [3.8, 4) is 11.5 Å². The molecule has 1 saturated heterocycles. The van der Waals surface area contributed by atoms with Gasteiger partial charge >= 0.3 is 0 Å². The first kappa shape index (κ1) is 15.0. The molecule has 1 aliphatic heterocycles. The molecule has 4 rings (SSSR count). The Labute approximate surface area is 138 Å². The minimum absolute atomic E-state index is 0.0671. The first-order valence-electron chi connectivity index (χ1n) is 7.96. The summed E-state index contributed by atoms with van der Waals surface area (Å²) < 4.78 is 11.4. The highest BCUT2D eigenvalue weighted by Gasteiger charge is 2.28. The molecule has 0 radical (unpaired) electrons. The summed E-state index contributed by atoms with van der Waals surface area (Å²) in [6.07, 6.45) is 4.40. The Morgan fingerprint density at radius 2 is 1.92 bits per heavy atom. The van der Waals surface area contributed by atoms with Crippen molar-refractivity contribution in [3.63, 3.8) is 0 Å². The van der Waals surface area contributed by atoms with Crippen LogP contribution in [0.4, 0.5) is 0 Å². The molecule has 0 bridgehead atoms. The quantitative estimate of drug-likeness (QED) is 0.769. The lowest BCUT2D eigenvalue weighted by Gasteiger charge is -2.13. The number of hydrogen-bond acceptors (Lipinski definition) is 7. The first-order valence-corrected chi connectivity index (χ1v) is 7.96. The Hall–Kier alpha value is -2.51. The monoisotopic (exact) mass is 326 g/mol. The molecule has 0 saturated carbocycles. The molecule has 124 valence electrons. The van der Waals surface area contributed by atoms with Gasteiger partial charge in [0.25, 0.3) is 0 Å². The standard InChI is InChI=1S/C17H18N4O3/c22-11-15-2-1-14(23-15)10-21-8-5-13(9-21)17-20-19-16(24-17)12-3-6-18-7-4-12/h1-4,6-7,13,22H,5,8-11H2/t13-/m0/s1. The SMILES string of the molecule is OCc1ccc(CN2CC[C@H](c3nnc(-c4ccncc4)o3)C2)o1. The van der Waals surface area contributed by atoms with Crippen LogP contribution in [-0.4, -0.2) is 38.3 Å². The fraction of sp³-hybridized carbons (Fsp3) is 0.353. The predicted molar refractivity (Wildman–Crippen MR) is 84.8 cm³/mol. The van der Waals surface area contributed by atoms with Crippen LogP contribution in [0.25, 0.3) is 11.5 Å². The Balaban J connectivity index is 1.41. The van der Waals surface area contributed by atoms with Gasteiger partial charge in [0.1, 0.15) is 18.1 Å². The molecule has 0 aliphatic carbocycles. The number of furan rings is 1. The van der Waals surface area contributed by atoms with Crippen molar-refractivity contribution in [2.24, 2.45) is 0 Å². The summed E-state index contributed by atoms with van der Waals surface area (Å²) in [7, 11) is 0. The summed E-state index contributed by atoms with van der Waals surface area (Å²) in [5.41, 5.74) is 0.880. The number of aliphatic hydroxyl groups is 1. The lowest BCUT2D eigenvalue weighted by molar-refractivity contribution is 0.231. The second-order valence-corrected chi connectivity index (χ2v) is 5.93. The molecular formula is C17H18N4O3. The van der Waals surface area contributed by atoms with Crippen LogP contribution in [0, 0.1) is 0 Å². The van der Waals surface area contributed by atoms with E-state index in [-0.39, 0.29) is 12.5 Å². The van der Waals surface area contributed by atoms with Crippen LogP contribution in [0.3, 0.4) is 0 Å². The summed E-state index contributed by atoms with van der Waals surface area (Å²) >= 11 is 0. The third-order valence-corrected chi connectivity index (χ3v) is 4.24. The van der Waals surface area contributed by atoms with Crippen LogP contribution < -0.4 is 0 Å². The second-order valence-electron chi connectivity index (χ2n) is 5.93. The normalized spacial score (nSPS) is 18.3. The number of likely N-dealkylation sites (tertiary alicyclic amines) is 1. The Morgan fingerprint density at radius 3 is 2.71 bits per heavy atom. The van der Waals surface area contributed by atoms with E-state index in [4.69, 9.17) is 13.9 Å². The van der Waals surface area contributed by atoms with E-state index in [0.717, 1.165) is 37.4 Å². The largest absolute Gasteiger partial charge is 0.462 e. The van der Waals surface area contributed by atoms with Crippen molar-refractivity contribution in [2.45, 2.75) is 25.5 Å². The van der Waals surface area contributed by atoms with Crippen LogP contribution in [0.15, 0.2) is 45.5 Å². The van der Waals surface area contributed by atoms with E-state index in [0.29, 0.717) is 17.5 Å². The molecule has 1 fully saturated rings. The average molecular weight is 326 g/mol. The van der Waals surface area contributed by atoms with Gasteiger partial charge in [0.05, 0.1) is 12.5 Å². The molecule has 7 heteroatoms. The molecule has 4 heterocycles. The lowest BCUT2D eigenvalue weighted by Crippen LogP contribution is -2.19. The van der Waals surface area contributed by atoms with Crippen molar-refractivity contribution in [1.29, 1.82) is 0 Å². The molecule has 3 aromatic heterocycles. The summed E-state index contributed by atoms with van der Waals surface area (Å²) in [6.45, 7) is 2.46. The maximum atomic E-state index is 9.06. The Morgan fingerprint density at radius 1 is 1.08 bits per heavy atom. The average Bonchev–Trinajstić information content (AvgIpc) is 3.36. The molecule has 1 aliphatic rings. The number of aromatic nitrogens is 3.